The van der Waals surface area contributed by atoms with Crippen molar-refractivity contribution >= 4 is 6.29 Å². The number of pyridine rings is 1. The minimum atomic E-state index is 0.235. The van der Waals surface area contributed by atoms with Crippen molar-refractivity contribution in [1.82, 2.24) is 14.8 Å². The predicted molar refractivity (Wildman–Crippen MR) is 96.7 cm³/mol. The molecule has 0 N–H and O–H groups in total. The van der Waals surface area contributed by atoms with E-state index < -0.39 is 0 Å². The highest BCUT2D eigenvalue weighted by Gasteiger charge is 2.14. The van der Waals surface area contributed by atoms with Crippen molar-refractivity contribution in [2.45, 2.75) is 33.4 Å². The molecule has 0 fully saturated rings. The van der Waals surface area contributed by atoms with Crippen LogP contribution in [-0.2, 0) is 6.61 Å². The van der Waals surface area contributed by atoms with Crippen LogP contribution in [0.3, 0.4) is 0 Å². The third-order valence-corrected chi connectivity index (χ3v) is 3.97. The van der Waals surface area contributed by atoms with Crippen LogP contribution in [0.2, 0.25) is 0 Å². The van der Waals surface area contributed by atoms with E-state index in [0.717, 1.165) is 28.8 Å². The molecule has 0 aliphatic heterocycles. The SMILES string of the molecule is Cc1ccc(C=O)c(OCc2cccnc2-c2ccnn2C(C)C)c1. The molecule has 5 nitrogen and oxygen atoms in total. The lowest BCUT2D eigenvalue weighted by molar-refractivity contribution is 0.111. The van der Waals surface area contributed by atoms with E-state index in [4.69, 9.17) is 4.74 Å². The largest absolute Gasteiger partial charge is 0.488 e. The Bertz CT molecular complexity index is 884. The van der Waals surface area contributed by atoms with Gasteiger partial charge in [-0.05, 0) is 50.6 Å². The summed E-state index contributed by atoms with van der Waals surface area (Å²) < 4.78 is 7.87. The standard InChI is InChI=1S/C20H21N3O2/c1-14(2)23-18(8-10-22-23)20-17(5-4-9-21-20)13-25-19-11-15(3)6-7-16(19)12-24/h4-12,14H,13H2,1-3H3. The Kier molecular flexibility index (Phi) is 4.93. The van der Waals surface area contributed by atoms with Gasteiger partial charge in [0.05, 0.1) is 17.0 Å². The highest BCUT2D eigenvalue weighted by Crippen LogP contribution is 2.26. The van der Waals surface area contributed by atoms with E-state index in [1.807, 2.05) is 41.9 Å². The molecule has 0 unspecified atom stereocenters. The summed E-state index contributed by atoms with van der Waals surface area (Å²) in [6.07, 6.45) is 4.35. The fourth-order valence-corrected chi connectivity index (χ4v) is 2.72. The lowest BCUT2D eigenvalue weighted by Crippen LogP contribution is -2.08. The normalized spacial score (nSPS) is 10.9. The Balaban J connectivity index is 1.91. The lowest BCUT2D eigenvalue weighted by Gasteiger charge is -2.14. The zero-order valence-electron chi connectivity index (χ0n) is 14.6. The van der Waals surface area contributed by atoms with E-state index >= 15 is 0 Å². The summed E-state index contributed by atoms with van der Waals surface area (Å²) >= 11 is 0. The van der Waals surface area contributed by atoms with Gasteiger partial charge >= 0.3 is 0 Å². The summed E-state index contributed by atoms with van der Waals surface area (Å²) in [6.45, 7) is 6.46. The molecule has 2 heterocycles. The average molecular weight is 335 g/mol. The number of hydrogen-bond donors (Lipinski definition) is 0. The summed E-state index contributed by atoms with van der Waals surface area (Å²) in [7, 11) is 0. The van der Waals surface area contributed by atoms with E-state index in [1.54, 1.807) is 18.5 Å². The highest BCUT2D eigenvalue weighted by molar-refractivity contribution is 5.79. The fraction of sp³-hybridized carbons (Fsp3) is 0.250. The number of benzene rings is 1. The average Bonchev–Trinajstić information content (AvgIpc) is 3.10. The van der Waals surface area contributed by atoms with Crippen LogP contribution in [0.5, 0.6) is 5.75 Å². The van der Waals surface area contributed by atoms with Gasteiger partial charge in [-0.15, -0.1) is 0 Å². The molecule has 3 aromatic rings. The van der Waals surface area contributed by atoms with Crippen LogP contribution in [0.15, 0.2) is 48.8 Å². The topological polar surface area (TPSA) is 57.0 Å². The first-order valence-electron chi connectivity index (χ1n) is 8.26. The Hall–Kier alpha value is -2.95. The van der Waals surface area contributed by atoms with E-state index in [-0.39, 0.29) is 6.04 Å². The van der Waals surface area contributed by atoms with E-state index in [9.17, 15) is 4.79 Å². The number of carbonyl (C=O) groups excluding carboxylic acids is 1. The van der Waals surface area contributed by atoms with Crippen molar-refractivity contribution in [1.29, 1.82) is 0 Å². The number of aryl methyl sites for hydroxylation is 1. The van der Waals surface area contributed by atoms with Crippen LogP contribution in [0.1, 0.15) is 41.4 Å². The second kappa shape index (κ2) is 7.30. The smallest absolute Gasteiger partial charge is 0.153 e. The highest BCUT2D eigenvalue weighted by atomic mass is 16.5. The number of aromatic nitrogens is 3. The molecule has 1 aromatic carbocycles. The third kappa shape index (κ3) is 3.60. The Morgan fingerprint density at radius 1 is 1.20 bits per heavy atom. The van der Waals surface area contributed by atoms with Crippen LogP contribution in [-0.4, -0.2) is 21.1 Å². The quantitative estimate of drug-likeness (QED) is 0.633. The van der Waals surface area contributed by atoms with Gasteiger partial charge in [0.15, 0.2) is 6.29 Å². The minimum absolute atomic E-state index is 0.235. The zero-order valence-corrected chi connectivity index (χ0v) is 14.6. The van der Waals surface area contributed by atoms with Gasteiger partial charge < -0.3 is 4.74 Å². The molecule has 2 aromatic heterocycles. The molecule has 0 atom stereocenters. The first-order valence-corrected chi connectivity index (χ1v) is 8.26. The molecule has 0 bridgehead atoms. The number of ether oxygens (including phenoxy) is 1. The molecular weight excluding hydrogens is 314 g/mol. The van der Waals surface area contributed by atoms with Gasteiger partial charge in [0.25, 0.3) is 0 Å². The van der Waals surface area contributed by atoms with Crippen LogP contribution in [0, 0.1) is 6.92 Å². The third-order valence-electron chi connectivity index (χ3n) is 3.97. The predicted octanol–water partition coefficient (Wildman–Crippen LogP) is 4.23. The first kappa shape index (κ1) is 16.9. The van der Waals surface area contributed by atoms with Gasteiger partial charge in [0.2, 0.25) is 0 Å². The van der Waals surface area contributed by atoms with E-state index in [2.05, 4.69) is 23.9 Å². The van der Waals surface area contributed by atoms with Crippen molar-refractivity contribution in [3.05, 3.63) is 65.5 Å². The van der Waals surface area contributed by atoms with Crippen molar-refractivity contribution < 1.29 is 9.53 Å². The maximum atomic E-state index is 11.2. The Morgan fingerprint density at radius 3 is 2.80 bits per heavy atom. The van der Waals surface area contributed by atoms with Crippen LogP contribution in [0.4, 0.5) is 0 Å². The molecule has 0 saturated heterocycles. The van der Waals surface area contributed by atoms with Gasteiger partial charge in [0, 0.05) is 24.0 Å². The summed E-state index contributed by atoms with van der Waals surface area (Å²) in [4.78, 5) is 15.7. The fourth-order valence-electron chi connectivity index (χ4n) is 2.72. The number of hydrogen-bond acceptors (Lipinski definition) is 4. The summed E-state index contributed by atoms with van der Waals surface area (Å²) in [6, 6.07) is 11.6. The van der Waals surface area contributed by atoms with Crippen molar-refractivity contribution in [2.24, 2.45) is 0 Å². The van der Waals surface area contributed by atoms with Crippen molar-refractivity contribution in [3.8, 4) is 17.1 Å². The molecule has 128 valence electrons. The second-order valence-electron chi connectivity index (χ2n) is 6.21. The lowest BCUT2D eigenvalue weighted by atomic mass is 10.1. The molecular formula is C20H21N3O2. The van der Waals surface area contributed by atoms with Gasteiger partial charge in [-0.25, -0.2) is 0 Å². The van der Waals surface area contributed by atoms with Crippen LogP contribution >= 0.6 is 0 Å². The van der Waals surface area contributed by atoms with Gasteiger partial charge in [0.1, 0.15) is 12.4 Å². The summed E-state index contributed by atoms with van der Waals surface area (Å²) in [5, 5.41) is 4.38. The maximum absolute atomic E-state index is 11.2. The minimum Gasteiger partial charge on any atom is -0.488 e. The van der Waals surface area contributed by atoms with E-state index in [1.165, 1.54) is 0 Å². The first-order chi connectivity index (χ1) is 12.1. The second-order valence-corrected chi connectivity index (χ2v) is 6.21. The number of rotatable bonds is 6. The van der Waals surface area contributed by atoms with Gasteiger partial charge in [-0.3, -0.25) is 14.5 Å². The molecule has 0 amide bonds. The number of aldehydes is 1. The van der Waals surface area contributed by atoms with Crippen LogP contribution < -0.4 is 4.74 Å². The van der Waals surface area contributed by atoms with Gasteiger partial charge in [-0.1, -0.05) is 12.1 Å². The molecule has 0 radical (unpaired) electrons. The van der Waals surface area contributed by atoms with Crippen LogP contribution in [0.25, 0.3) is 11.4 Å². The molecule has 0 spiro atoms. The number of nitrogens with zero attached hydrogens (tertiary/aromatic N) is 3. The molecule has 3 rings (SSSR count). The molecule has 0 aliphatic rings. The number of carbonyl (C=O) groups is 1. The summed E-state index contributed by atoms with van der Waals surface area (Å²) in [5.41, 5.74) is 4.33. The summed E-state index contributed by atoms with van der Waals surface area (Å²) in [5.74, 6) is 0.585. The zero-order chi connectivity index (χ0) is 17.8. The Morgan fingerprint density at radius 2 is 2.04 bits per heavy atom. The van der Waals surface area contributed by atoms with Crippen molar-refractivity contribution in [2.75, 3.05) is 0 Å². The molecule has 5 heteroatoms. The monoisotopic (exact) mass is 335 g/mol. The van der Waals surface area contributed by atoms with Gasteiger partial charge in [-0.2, -0.15) is 5.10 Å². The van der Waals surface area contributed by atoms with E-state index in [0.29, 0.717) is 17.9 Å². The molecule has 25 heavy (non-hydrogen) atoms. The molecule has 0 saturated carbocycles. The van der Waals surface area contributed by atoms with Crippen molar-refractivity contribution in [3.63, 3.8) is 0 Å². The maximum Gasteiger partial charge on any atom is 0.153 e. The Labute approximate surface area is 147 Å². The molecule has 0 aliphatic carbocycles.